The number of hydrogen-bond donors (Lipinski definition) is 1. The lowest BCUT2D eigenvalue weighted by molar-refractivity contribution is -0.118. The topological polar surface area (TPSA) is 61.9 Å². The number of piperazine rings is 1. The summed E-state index contributed by atoms with van der Waals surface area (Å²) in [4.78, 5) is 27.2. The molecule has 7 heteroatoms. The SMILES string of the molecule is COC(=O)N1CCN(CCNC(=O)CSC2CCCC2)CC1. The summed E-state index contributed by atoms with van der Waals surface area (Å²) in [7, 11) is 1.41. The van der Waals surface area contributed by atoms with Crippen molar-refractivity contribution < 1.29 is 14.3 Å². The molecular formula is C15H27N3O3S. The molecule has 2 fully saturated rings. The second kappa shape index (κ2) is 9.25. The number of carbonyl (C=O) groups is 2. The van der Waals surface area contributed by atoms with Crippen LogP contribution in [0.3, 0.4) is 0 Å². The van der Waals surface area contributed by atoms with Crippen molar-refractivity contribution >= 4 is 23.8 Å². The fraction of sp³-hybridized carbons (Fsp3) is 0.867. The van der Waals surface area contributed by atoms with Crippen molar-refractivity contribution in [2.24, 2.45) is 0 Å². The van der Waals surface area contributed by atoms with Gasteiger partial charge in [0.2, 0.25) is 5.91 Å². The molecule has 2 aliphatic rings. The van der Waals surface area contributed by atoms with Crippen molar-refractivity contribution in [2.45, 2.75) is 30.9 Å². The molecule has 0 aromatic rings. The molecule has 0 spiro atoms. The summed E-state index contributed by atoms with van der Waals surface area (Å²) in [6, 6.07) is 0. The van der Waals surface area contributed by atoms with Gasteiger partial charge in [0.15, 0.2) is 0 Å². The second-order valence-corrected chi connectivity index (χ2v) is 7.15. The maximum atomic E-state index is 11.8. The maximum absolute atomic E-state index is 11.8. The van der Waals surface area contributed by atoms with Gasteiger partial charge >= 0.3 is 6.09 Å². The van der Waals surface area contributed by atoms with E-state index in [0.717, 1.165) is 19.6 Å². The predicted molar refractivity (Wildman–Crippen MR) is 88.1 cm³/mol. The van der Waals surface area contributed by atoms with E-state index in [4.69, 9.17) is 4.74 Å². The van der Waals surface area contributed by atoms with E-state index in [1.165, 1.54) is 32.8 Å². The lowest BCUT2D eigenvalue weighted by Gasteiger charge is -2.33. The van der Waals surface area contributed by atoms with E-state index in [0.29, 0.717) is 30.6 Å². The molecule has 0 aromatic heterocycles. The van der Waals surface area contributed by atoms with Crippen LogP contribution in [0.25, 0.3) is 0 Å². The molecule has 1 aliphatic heterocycles. The number of carbonyl (C=O) groups excluding carboxylic acids is 2. The summed E-state index contributed by atoms with van der Waals surface area (Å²) < 4.78 is 4.72. The number of amides is 2. The minimum atomic E-state index is -0.253. The molecule has 1 saturated heterocycles. The number of nitrogens with zero attached hydrogens (tertiary/aromatic N) is 2. The van der Waals surface area contributed by atoms with Crippen LogP contribution < -0.4 is 5.32 Å². The molecule has 2 amide bonds. The van der Waals surface area contributed by atoms with Gasteiger partial charge in [0.05, 0.1) is 12.9 Å². The van der Waals surface area contributed by atoms with Crippen LogP contribution in [-0.4, -0.2) is 79.2 Å². The van der Waals surface area contributed by atoms with E-state index in [1.807, 2.05) is 0 Å². The number of hydrogen-bond acceptors (Lipinski definition) is 5. The first-order valence-corrected chi connectivity index (χ1v) is 9.17. The average Bonchev–Trinajstić information content (AvgIpc) is 3.06. The number of thioether (sulfide) groups is 1. The Bertz CT molecular complexity index is 367. The molecule has 2 rings (SSSR count). The summed E-state index contributed by atoms with van der Waals surface area (Å²) in [5.74, 6) is 0.728. The van der Waals surface area contributed by atoms with Crippen molar-refractivity contribution in [3.8, 4) is 0 Å². The predicted octanol–water partition coefficient (Wildman–Crippen LogP) is 1.16. The Labute approximate surface area is 136 Å². The van der Waals surface area contributed by atoms with Crippen LogP contribution in [0.2, 0.25) is 0 Å². The first kappa shape index (κ1) is 17.4. The van der Waals surface area contributed by atoms with Crippen LogP contribution in [-0.2, 0) is 9.53 Å². The van der Waals surface area contributed by atoms with Crippen LogP contribution in [0.4, 0.5) is 4.79 Å². The molecule has 1 heterocycles. The fourth-order valence-corrected chi connectivity index (χ4v) is 4.09. The van der Waals surface area contributed by atoms with Gasteiger partial charge in [0, 0.05) is 44.5 Å². The van der Waals surface area contributed by atoms with Crippen LogP contribution in [0.1, 0.15) is 25.7 Å². The highest BCUT2D eigenvalue weighted by Gasteiger charge is 2.21. The van der Waals surface area contributed by atoms with Crippen LogP contribution in [0.15, 0.2) is 0 Å². The average molecular weight is 329 g/mol. The molecule has 0 unspecified atom stereocenters. The van der Waals surface area contributed by atoms with Gasteiger partial charge in [-0.2, -0.15) is 0 Å². The van der Waals surface area contributed by atoms with E-state index in [9.17, 15) is 9.59 Å². The molecule has 126 valence electrons. The number of nitrogens with one attached hydrogen (secondary N) is 1. The minimum absolute atomic E-state index is 0.144. The Morgan fingerprint density at radius 1 is 1.18 bits per heavy atom. The fourth-order valence-electron chi connectivity index (χ4n) is 2.94. The van der Waals surface area contributed by atoms with E-state index >= 15 is 0 Å². The molecule has 0 bridgehead atoms. The second-order valence-electron chi connectivity index (χ2n) is 5.87. The molecular weight excluding hydrogens is 302 g/mol. The van der Waals surface area contributed by atoms with E-state index in [1.54, 1.807) is 16.7 Å². The summed E-state index contributed by atoms with van der Waals surface area (Å²) in [6.45, 7) is 4.58. The van der Waals surface area contributed by atoms with Gasteiger partial charge in [-0.25, -0.2) is 4.79 Å². The zero-order valence-electron chi connectivity index (χ0n) is 13.4. The van der Waals surface area contributed by atoms with E-state index in [-0.39, 0.29) is 12.0 Å². The highest BCUT2D eigenvalue weighted by atomic mass is 32.2. The van der Waals surface area contributed by atoms with Gasteiger partial charge in [-0.1, -0.05) is 12.8 Å². The van der Waals surface area contributed by atoms with E-state index < -0.39 is 0 Å². The largest absolute Gasteiger partial charge is 0.453 e. The van der Waals surface area contributed by atoms with Crippen molar-refractivity contribution in [3.05, 3.63) is 0 Å². The van der Waals surface area contributed by atoms with Gasteiger partial charge in [-0.3, -0.25) is 9.69 Å². The van der Waals surface area contributed by atoms with Gasteiger partial charge in [0.25, 0.3) is 0 Å². The summed E-state index contributed by atoms with van der Waals surface area (Å²) in [5, 5.41) is 3.68. The van der Waals surface area contributed by atoms with E-state index in [2.05, 4.69) is 10.2 Å². The third-order valence-electron chi connectivity index (χ3n) is 4.31. The lowest BCUT2D eigenvalue weighted by Crippen LogP contribution is -2.50. The molecule has 6 nitrogen and oxygen atoms in total. The van der Waals surface area contributed by atoms with Crippen molar-refractivity contribution in [2.75, 3.05) is 52.1 Å². The zero-order valence-corrected chi connectivity index (χ0v) is 14.2. The standard InChI is InChI=1S/C15H27N3O3S/c1-21-15(20)18-10-8-17(9-11-18)7-6-16-14(19)12-22-13-4-2-3-5-13/h13H,2-12H2,1H3,(H,16,19). The van der Waals surface area contributed by atoms with Crippen LogP contribution in [0, 0.1) is 0 Å². The summed E-state index contributed by atoms with van der Waals surface area (Å²) in [5.41, 5.74) is 0. The third kappa shape index (κ3) is 5.68. The first-order valence-electron chi connectivity index (χ1n) is 8.12. The van der Waals surface area contributed by atoms with Crippen LogP contribution >= 0.6 is 11.8 Å². The molecule has 22 heavy (non-hydrogen) atoms. The zero-order chi connectivity index (χ0) is 15.8. The molecule has 0 aromatic carbocycles. The minimum Gasteiger partial charge on any atom is -0.453 e. The summed E-state index contributed by atoms with van der Waals surface area (Å²) in [6.07, 6.45) is 4.91. The normalized spacial score (nSPS) is 20.1. The molecule has 0 radical (unpaired) electrons. The van der Waals surface area contributed by atoms with Crippen molar-refractivity contribution in [1.82, 2.24) is 15.1 Å². The molecule has 1 N–H and O–H groups in total. The Morgan fingerprint density at radius 3 is 2.50 bits per heavy atom. The number of methoxy groups -OCH3 is 1. The highest BCUT2D eigenvalue weighted by molar-refractivity contribution is 8.00. The van der Waals surface area contributed by atoms with Gasteiger partial charge in [0.1, 0.15) is 0 Å². The van der Waals surface area contributed by atoms with Crippen molar-refractivity contribution in [1.29, 1.82) is 0 Å². The quantitative estimate of drug-likeness (QED) is 0.792. The first-order chi connectivity index (χ1) is 10.7. The lowest BCUT2D eigenvalue weighted by atomic mass is 10.3. The smallest absolute Gasteiger partial charge is 0.409 e. The molecule has 1 saturated carbocycles. The Morgan fingerprint density at radius 2 is 1.86 bits per heavy atom. The monoisotopic (exact) mass is 329 g/mol. The molecule has 1 aliphatic carbocycles. The Kier molecular flexibility index (Phi) is 7.32. The summed E-state index contributed by atoms with van der Waals surface area (Å²) >= 11 is 1.80. The Hall–Kier alpha value is -0.950. The number of rotatable bonds is 6. The number of ether oxygens (including phenoxy) is 1. The third-order valence-corrected chi connectivity index (χ3v) is 5.68. The Balaban J connectivity index is 1.51. The van der Waals surface area contributed by atoms with Gasteiger partial charge < -0.3 is 15.0 Å². The highest BCUT2D eigenvalue weighted by Crippen LogP contribution is 2.28. The van der Waals surface area contributed by atoms with Gasteiger partial charge in [-0.15, -0.1) is 11.8 Å². The molecule has 0 atom stereocenters. The van der Waals surface area contributed by atoms with Gasteiger partial charge in [-0.05, 0) is 12.8 Å². The van der Waals surface area contributed by atoms with Crippen LogP contribution in [0.5, 0.6) is 0 Å². The maximum Gasteiger partial charge on any atom is 0.409 e. The van der Waals surface area contributed by atoms with Crippen molar-refractivity contribution in [3.63, 3.8) is 0 Å².